The summed E-state index contributed by atoms with van der Waals surface area (Å²) < 4.78 is 0. The first-order valence-electron chi connectivity index (χ1n) is 6.61. The Kier molecular flexibility index (Phi) is 4.95. The zero-order chi connectivity index (χ0) is 12.1. The van der Waals surface area contributed by atoms with E-state index >= 15 is 0 Å². The predicted molar refractivity (Wildman–Crippen MR) is 73.3 cm³/mol. The first-order valence-corrected chi connectivity index (χ1v) is 7.49. The van der Waals surface area contributed by atoms with Gasteiger partial charge in [-0.3, -0.25) is 4.90 Å². The van der Waals surface area contributed by atoms with Crippen molar-refractivity contribution in [1.82, 2.24) is 15.2 Å². The monoisotopic (exact) mass is 253 g/mol. The van der Waals surface area contributed by atoms with Crippen molar-refractivity contribution < 1.29 is 0 Å². The number of thiazole rings is 1. The summed E-state index contributed by atoms with van der Waals surface area (Å²) >= 11 is 1.77. The molecule has 1 aromatic heterocycles. The van der Waals surface area contributed by atoms with Crippen LogP contribution in [0.4, 0.5) is 0 Å². The first kappa shape index (κ1) is 13.0. The Morgan fingerprint density at radius 2 is 2.41 bits per heavy atom. The topological polar surface area (TPSA) is 28.2 Å². The van der Waals surface area contributed by atoms with Gasteiger partial charge in [-0.1, -0.05) is 20.3 Å². The zero-order valence-electron chi connectivity index (χ0n) is 10.9. The number of hydrogen-bond acceptors (Lipinski definition) is 4. The van der Waals surface area contributed by atoms with Crippen LogP contribution in [0, 0.1) is 0 Å². The van der Waals surface area contributed by atoms with Crippen LogP contribution in [-0.4, -0.2) is 35.1 Å². The second kappa shape index (κ2) is 6.47. The summed E-state index contributed by atoms with van der Waals surface area (Å²) in [6, 6.07) is 1.27. The standard InChI is InChI=1S/C13H23N3S/c1-11(2)15-9-12-5-3-4-7-16(12)10-13-14-6-8-17-13/h6,8,11-12,15H,3-5,7,9-10H2,1-2H3. The third-order valence-corrected chi connectivity index (χ3v) is 4.10. The molecule has 2 heterocycles. The fourth-order valence-corrected chi connectivity index (χ4v) is 3.02. The van der Waals surface area contributed by atoms with E-state index < -0.39 is 0 Å². The zero-order valence-corrected chi connectivity index (χ0v) is 11.7. The molecule has 0 aliphatic carbocycles. The molecule has 1 aromatic rings. The van der Waals surface area contributed by atoms with Crippen LogP contribution >= 0.6 is 11.3 Å². The molecule has 3 nitrogen and oxygen atoms in total. The molecule has 0 aromatic carbocycles. The van der Waals surface area contributed by atoms with Gasteiger partial charge >= 0.3 is 0 Å². The number of nitrogens with one attached hydrogen (secondary N) is 1. The quantitative estimate of drug-likeness (QED) is 0.874. The van der Waals surface area contributed by atoms with E-state index in [1.165, 1.54) is 30.8 Å². The van der Waals surface area contributed by atoms with Crippen molar-refractivity contribution in [3.05, 3.63) is 16.6 Å². The maximum atomic E-state index is 4.40. The number of nitrogens with zero attached hydrogens (tertiary/aromatic N) is 2. The smallest absolute Gasteiger partial charge is 0.107 e. The first-order chi connectivity index (χ1) is 8.25. The van der Waals surface area contributed by atoms with Crippen molar-refractivity contribution in [1.29, 1.82) is 0 Å². The predicted octanol–water partition coefficient (Wildman–Crippen LogP) is 2.50. The highest BCUT2D eigenvalue weighted by Crippen LogP contribution is 2.20. The molecular formula is C13H23N3S. The van der Waals surface area contributed by atoms with Crippen molar-refractivity contribution >= 4 is 11.3 Å². The minimum Gasteiger partial charge on any atom is -0.313 e. The van der Waals surface area contributed by atoms with Crippen molar-refractivity contribution in [2.75, 3.05) is 13.1 Å². The van der Waals surface area contributed by atoms with Gasteiger partial charge in [0.2, 0.25) is 0 Å². The molecule has 0 bridgehead atoms. The van der Waals surface area contributed by atoms with Gasteiger partial charge in [0.25, 0.3) is 0 Å². The molecule has 1 saturated heterocycles. The van der Waals surface area contributed by atoms with Crippen molar-refractivity contribution in [2.24, 2.45) is 0 Å². The van der Waals surface area contributed by atoms with Crippen LogP contribution in [0.5, 0.6) is 0 Å². The lowest BCUT2D eigenvalue weighted by molar-refractivity contribution is 0.135. The number of piperidine rings is 1. The third-order valence-electron chi connectivity index (χ3n) is 3.33. The van der Waals surface area contributed by atoms with E-state index in [9.17, 15) is 0 Å². The fraction of sp³-hybridized carbons (Fsp3) is 0.769. The van der Waals surface area contributed by atoms with Gasteiger partial charge in [0, 0.05) is 30.2 Å². The Balaban J connectivity index is 1.87. The van der Waals surface area contributed by atoms with Gasteiger partial charge in [-0.25, -0.2) is 4.98 Å². The van der Waals surface area contributed by atoms with Gasteiger partial charge in [-0.15, -0.1) is 11.3 Å². The fourth-order valence-electron chi connectivity index (χ4n) is 2.38. The van der Waals surface area contributed by atoms with Crippen LogP contribution in [0.2, 0.25) is 0 Å². The molecular weight excluding hydrogens is 230 g/mol. The summed E-state index contributed by atoms with van der Waals surface area (Å²) in [6.07, 6.45) is 5.94. The summed E-state index contributed by atoms with van der Waals surface area (Å²) in [5, 5.41) is 6.89. The minimum absolute atomic E-state index is 0.582. The van der Waals surface area contributed by atoms with E-state index in [0.29, 0.717) is 12.1 Å². The van der Waals surface area contributed by atoms with E-state index in [-0.39, 0.29) is 0 Å². The van der Waals surface area contributed by atoms with Crippen LogP contribution < -0.4 is 5.32 Å². The lowest BCUT2D eigenvalue weighted by Gasteiger charge is -2.35. The van der Waals surface area contributed by atoms with Crippen LogP contribution in [0.1, 0.15) is 38.1 Å². The molecule has 0 amide bonds. The van der Waals surface area contributed by atoms with Crippen LogP contribution in [0.25, 0.3) is 0 Å². The SMILES string of the molecule is CC(C)NCC1CCCCN1Cc1nccs1. The molecule has 4 heteroatoms. The Morgan fingerprint density at radius 3 is 3.12 bits per heavy atom. The van der Waals surface area contributed by atoms with E-state index in [2.05, 4.69) is 34.4 Å². The van der Waals surface area contributed by atoms with E-state index in [0.717, 1.165) is 13.1 Å². The van der Waals surface area contributed by atoms with Gasteiger partial charge in [-0.2, -0.15) is 0 Å². The second-order valence-corrected chi connectivity index (χ2v) is 6.09. The maximum absolute atomic E-state index is 4.40. The molecule has 0 radical (unpaired) electrons. The van der Waals surface area contributed by atoms with Crippen molar-refractivity contribution in [2.45, 2.75) is 51.7 Å². The Hall–Kier alpha value is -0.450. The van der Waals surface area contributed by atoms with Gasteiger partial charge in [0.05, 0.1) is 6.54 Å². The van der Waals surface area contributed by atoms with Crippen molar-refractivity contribution in [3.63, 3.8) is 0 Å². The summed E-state index contributed by atoms with van der Waals surface area (Å²) in [4.78, 5) is 6.99. The normalized spacial score (nSPS) is 22.2. The Bertz CT molecular complexity index is 310. The van der Waals surface area contributed by atoms with E-state index in [4.69, 9.17) is 0 Å². The average Bonchev–Trinajstić information content (AvgIpc) is 2.80. The summed E-state index contributed by atoms with van der Waals surface area (Å²) in [5.74, 6) is 0. The van der Waals surface area contributed by atoms with E-state index in [1.807, 2.05) is 6.20 Å². The van der Waals surface area contributed by atoms with Gasteiger partial charge < -0.3 is 5.32 Å². The molecule has 96 valence electrons. The van der Waals surface area contributed by atoms with Gasteiger partial charge in [0.1, 0.15) is 5.01 Å². The average molecular weight is 253 g/mol. The highest BCUT2D eigenvalue weighted by molar-refractivity contribution is 7.09. The van der Waals surface area contributed by atoms with Crippen LogP contribution in [0.15, 0.2) is 11.6 Å². The van der Waals surface area contributed by atoms with E-state index in [1.54, 1.807) is 11.3 Å². The molecule has 17 heavy (non-hydrogen) atoms. The molecule has 1 atom stereocenters. The molecule has 2 rings (SSSR count). The molecule has 1 fully saturated rings. The molecule has 0 spiro atoms. The molecule has 1 N–H and O–H groups in total. The lowest BCUT2D eigenvalue weighted by Crippen LogP contribution is -2.46. The van der Waals surface area contributed by atoms with Crippen LogP contribution in [-0.2, 0) is 6.54 Å². The molecule has 1 aliphatic rings. The lowest BCUT2D eigenvalue weighted by atomic mass is 10.0. The van der Waals surface area contributed by atoms with Gasteiger partial charge in [0.15, 0.2) is 0 Å². The third kappa shape index (κ3) is 4.05. The number of likely N-dealkylation sites (tertiary alicyclic amines) is 1. The number of hydrogen-bond donors (Lipinski definition) is 1. The minimum atomic E-state index is 0.582. The summed E-state index contributed by atoms with van der Waals surface area (Å²) in [5.41, 5.74) is 0. The maximum Gasteiger partial charge on any atom is 0.107 e. The number of aromatic nitrogens is 1. The largest absolute Gasteiger partial charge is 0.313 e. The van der Waals surface area contributed by atoms with Crippen molar-refractivity contribution in [3.8, 4) is 0 Å². The molecule has 1 unspecified atom stereocenters. The van der Waals surface area contributed by atoms with Gasteiger partial charge in [-0.05, 0) is 19.4 Å². The molecule has 1 aliphatic heterocycles. The summed E-state index contributed by atoms with van der Waals surface area (Å²) in [6.45, 7) is 7.80. The number of rotatable bonds is 5. The second-order valence-electron chi connectivity index (χ2n) is 5.11. The molecule has 0 saturated carbocycles. The Morgan fingerprint density at radius 1 is 1.53 bits per heavy atom. The highest BCUT2D eigenvalue weighted by atomic mass is 32.1. The Labute approximate surface area is 108 Å². The van der Waals surface area contributed by atoms with Crippen LogP contribution in [0.3, 0.4) is 0 Å². The summed E-state index contributed by atoms with van der Waals surface area (Å²) in [7, 11) is 0. The highest BCUT2D eigenvalue weighted by Gasteiger charge is 2.22.